The smallest absolute Gasteiger partial charge is 0.237 e. The second-order valence-electron chi connectivity index (χ2n) is 8.14. The van der Waals surface area contributed by atoms with Gasteiger partial charge in [-0.1, -0.05) is 44.2 Å². The van der Waals surface area contributed by atoms with Crippen LogP contribution >= 0.6 is 0 Å². The Morgan fingerprint density at radius 3 is 2.57 bits per heavy atom. The standard InChI is InChI=1S/C21H30N4O3/c1-13(2)17(24-20(27)16-9-6-10-23-16)11-15-19(14-7-4-3-5-8-14)25(21(15)28)12-18(22)26/h3-5,7-8,13,15-17,19,23H,6,9-12H2,1-2H3,(H2,22,26)(H,24,27)/t15-,16+,17+,19-/m1/s1. The maximum absolute atomic E-state index is 12.8. The van der Waals surface area contributed by atoms with Crippen molar-refractivity contribution in [2.24, 2.45) is 17.6 Å². The van der Waals surface area contributed by atoms with E-state index in [0.717, 1.165) is 24.9 Å². The van der Waals surface area contributed by atoms with Crippen LogP contribution in [0.1, 0.15) is 44.7 Å². The van der Waals surface area contributed by atoms with Crippen LogP contribution in [0.25, 0.3) is 0 Å². The second-order valence-corrected chi connectivity index (χ2v) is 8.14. The van der Waals surface area contributed by atoms with Gasteiger partial charge in [-0.25, -0.2) is 0 Å². The van der Waals surface area contributed by atoms with E-state index in [9.17, 15) is 14.4 Å². The molecule has 2 saturated heterocycles. The lowest BCUT2D eigenvalue weighted by atomic mass is 9.76. The van der Waals surface area contributed by atoms with Crippen LogP contribution in [0.15, 0.2) is 30.3 Å². The molecule has 3 rings (SSSR count). The molecule has 1 aromatic rings. The quantitative estimate of drug-likeness (QED) is 0.579. The molecule has 0 aliphatic carbocycles. The number of nitrogens with two attached hydrogens (primary N) is 1. The molecule has 152 valence electrons. The number of primary amides is 1. The molecule has 0 bridgehead atoms. The lowest BCUT2D eigenvalue weighted by Gasteiger charge is -2.48. The number of carbonyl (C=O) groups is 3. The Bertz CT molecular complexity index is 716. The minimum Gasteiger partial charge on any atom is -0.368 e. The van der Waals surface area contributed by atoms with Gasteiger partial charge in [0.1, 0.15) is 0 Å². The van der Waals surface area contributed by atoms with Crippen molar-refractivity contribution in [2.45, 2.75) is 51.2 Å². The van der Waals surface area contributed by atoms with Crippen molar-refractivity contribution in [1.29, 1.82) is 0 Å². The summed E-state index contributed by atoms with van der Waals surface area (Å²) < 4.78 is 0. The fourth-order valence-corrected chi connectivity index (χ4v) is 4.22. The van der Waals surface area contributed by atoms with Gasteiger partial charge in [-0.2, -0.15) is 0 Å². The first-order chi connectivity index (χ1) is 13.4. The fourth-order valence-electron chi connectivity index (χ4n) is 4.22. The van der Waals surface area contributed by atoms with Crippen LogP contribution in [0, 0.1) is 11.8 Å². The highest BCUT2D eigenvalue weighted by Crippen LogP contribution is 2.42. The Kier molecular flexibility index (Phi) is 6.34. The van der Waals surface area contributed by atoms with E-state index >= 15 is 0 Å². The van der Waals surface area contributed by atoms with Crippen molar-refractivity contribution in [2.75, 3.05) is 13.1 Å². The van der Waals surface area contributed by atoms with Crippen LogP contribution in [0.4, 0.5) is 0 Å². The summed E-state index contributed by atoms with van der Waals surface area (Å²) in [5, 5.41) is 6.36. The van der Waals surface area contributed by atoms with Crippen molar-refractivity contribution < 1.29 is 14.4 Å². The summed E-state index contributed by atoms with van der Waals surface area (Å²) >= 11 is 0. The summed E-state index contributed by atoms with van der Waals surface area (Å²) in [6.07, 6.45) is 2.39. The highest BCUT2D eigenvalue weighted by atomic mass is 16.2. The number of rotatable bonds is 8. The molecule has 0 saturated carbocycles. The molecular formula is C21H30N4O3. The normalized spacial score (nSPS) is 25.5. The number of carbonyl (C=O) groups excluding carboxylic acids is 3. The van der Waals surface area contributed by atoms with Gasteiger partial charge in [0, 0.05) is 6.04 Å². The average molecular weight is 386 g/mol. The maximum Gasteiger partial charge on any atom is 0.237 e. The number of hydrogen-bond acceptors (Lipinski definition) is 4. The fraction of sp³-hybridized carbons (Fsp3) is 0.571. The molecule has 3 amide bonds. The molecule has 2 aliphatic heterocycles. The van der Waals surface area contributed by atoms with E-state index in [4.69, 9.17) is 5.73 Å². The number of likely N-dealkylation sites (tertiary alicyclic amines) is 1. The summed E-state index contributed by atoms with van der Waals surface area (Å²) in [4.78, 5) is 38.3. The molecule has 28 heavy (non-hydrogen) atoms. The highest BCUT2D eigenvalue weighted by molar-refractivity contribution is 5.91. The molecule has 2 heterocycles. The SMILES string of the molecule is CC(C)[C@H](C[C@H]1C(=O)N(CC(N)=O)[C@@H]1c1ccccc1)NC(=O)[C@@H]1CCCN1. The van der Waals surface area contributed by atoms with Crippen LogP contribution < -0.4 is 16.4 Å². The van der Waals surface area contributed by atoms with E-state index < -0.39 is 5.91 Å². The Morgan fingerprint density at radius 2 is 2.00 bits per heavy atom. The van der Waals surface area contributed by atoms with Gasteiger partial charge in [-0.3, -0.25) is 14.4 Å². The van der Waals surface area contributed by atoms with Gasteiger partial charge in [0.15, 0.2) is 0 Å². The molecular weight excluding hydrogens is 356 g/mol. The van der Waals surface area contributed by atoms with E-state index in [1.807, 2.05) is 30.3 Å². The van der Waals surface area contributed by atoms with Crippen LogP contribution in [0.3, 0.4) is 0 Å². The molecule has 0 spiro atoms. The predicted octanol–water partition coefficient (Wildman–Crippen LogP) is 0.954. The summed E-state index contributed by atoms with van der Waals surface area (Å²) in [5.41, 5.74) is 6.33. The van der Waals surface area contributed by atoms with Crippen molar-refractivity contribution >= 4 is 17.7 Å². The zero-order valence-electron chi connectivity index (χ0n) is 16.6. The maximum atomic E-state index is 12.8. The van der Waals surface area contributed by atoms with Gasteiger partial charge in [-0.05, 0) is 37.3 Å². The third-order valence-corrected chi connectivity index (χ3v) is 5.80. The van der Waals surface area contributed by atoms with Gasteiger partial charge in [0.25, 0.3) is 0 Å². The molecule has 7 nitrogen and oxygen atoms in total. The van der Waals surface area contributed by atoms with Crippen LogP contribution in [0.2, 0.25) is 0 Å². The lowest BCUT2D eigenvalue weighted by molar-refractivity contribution is -0.160. The Labute approximate surface area is 166 Å². The van der Waals surface area contributed by atoms with Gasteiger partial charge in [-0.15, -0.1) is 0 Å². The minimum atomic E-state index is -0.520. The molecule has 4 N–H and O–H groups in total. The van der Waals surface area contributed by atoms with Crippen molar-refractivity contribution in [3.63, 3.8) is 0 Å². The highest BCUT2D eigenvalue weighted by Gasteiger charge is 2.49. The lowest BCUT2D eigenvalue weighted by Crippen LogP contribution is -2.59. The average Bonchev–Trinajstić information content (AvgIpc) is 3.20. The number of β-lactam (4-membered cyclic amide) rings is 1. The number of hydrogen-bond donors (Lipinski definition) is 3. The van der Waals surface area contributed by atoms with Gasteiger partial charge in [0.05, 0.1) is 24.5 Å². The van der Waals surface area contributed by atoms with E-state index in [0.29, 0.717) is 6.42 Å². The molecule has 1 aromatic carbocycles. The molecule has 0 aromatic heterocycles. The Balaban J connectivity index is 1.74. The van der Waals surface area contributed by atoms with Gasteiger partial charge in [0.2, 0.25) is 17.7 Å². The summed E-state index contributed by atoms with van der Waals surface area (Å²) in [6.45, 7) is 4.88. The zero-order chi connectivity index (χ0) is 20.3. The largest absolute Gasteiger partial charge is 0.368 e. The number of nitrogens with one attached hydrogen (secondary N) is 2. The third-order valence-electron chi connectivity index (χ3n) is 5.80. The van der Waals surface area contributed by atoms with E-state index in [1.54, 1.807) is 4.90 Å². The predicted molar refractivity (Wildman–Crippen MR) is 106 cm³/mol. The first kappa shape index (κ1) is 20.3. The molecule has 7 heteroatoms. The molecule has 4 atom stereocenters. The van der Waals surface area contributed by atoms with E-state index in [2.05, 4.69) is 24.5 Å². The van der Waals surface area contributed by atoms with Crippen LogP contribution in [0.5, 0.6) is 0 Å². The summed E-state index contributed by atoms with van der Waals surface area (Å²) in [5.74, 6) is -0.667. The van der Waals surface area contributed by atoms with E-state index in [1.165, 1.54) is 0 Å². The van der Waals surface area contributed by atoms with E-state index in [-0.39, 0.29) is 48.3 Å². The van der Waals surface area contributed by atoms with Crippen molar-refractivity contribution in [3.8, 4) is 0 Å². The number of nitrogens with zero attached hydrogens (tertiary/aromatic N) is 1. The molecule has 0 radical (unpaired) electrons. The van der Waals surface area contributed by atoms with Crippen molar-refractivity contribution in [3.05, 3.63) is 35.9 Å². The molecule has 2 fully saturated rings. The topological polar surface area (TPSA) is 105 Å². The second kappa shape index (κ2) is 8.73. The number of benzene rings is 1. The minimum absolute atomic E-state index is 0.00762. The Hall–Kier alpha value is -2.41. The Morgan fingerprint density at radius 1 is 1.29 bits per heavy atom. The third kappa shape index (κ3) is 4.35. The van der Waals surface area contributed by atoms with Gasteiger partial charge < -0.3 is 21.3 Å². The molecule has 2 aliphatic rings. The molecule has 0 unspecified atom stereocenters. The zero-order valence-corrected chi connectivity index (χ0v) is 16.6. The summed E-state index contributed by atoms with van der Waals surface area (Å²) in [6, 6.07) is 9.25. The first-order valence-corrected chi connectivity index (χ1v) is 10.1. The van der Waals surface area contributed by atoms with Crippen molar-refractivity contribution in [1.82, 2.24) is 15.5 Å². The van der Waals surface area contributed by atoms with Crippen LogP contribution in [-0.4, -0.2) is 47.8 Å². The van der Waals surface area contributed by atoms with Gasteiger partial charge >= 0.3 is 0 Å². The first-order valence-electron chi connectivity index (χ1n) is 10.1. The monoisotopic (exact) mass is 386 g/mol. The number of amides is 3. The van der Waals surface area contributed by atoms with Crippen LogP contribution in [-0.2, 0) is 14.4 Å². The summed E-state index contributed by atoms with van der Waals surface area (Å²) in [7, 11) is 0.